The zero-order valence-electron chi connectivity index (χ0n) is 11.5. The van der Waals surface area contributed by atoms with Gasteiger partial charge in [0.15, 0.2) is 0 Å². The lowest BCUT2D eigenvalue weighted by atomic mass is 10.1. The van der Waals surface area contributed by atoms with Crippen LogP contribution in [0, 0.1) is 0 Å². The number of para-hydroxylation sites is 1. The lowest BCUT2D eigenvalue weighted by Crippen LogP contribution is -2.17. The maximum atomic E-state index is 12.3. The molecule has 0 bridgehead atoms. The van der Waals surface area contributed by atoms with Gasteiger partial charge in [-0.15, -0.1) is 0 Å². The van der Waals surface area contributed by atoms with Crippen molar-refractivity contribution >= 4 is 28.9 Å². The molecule has 0 fully saturated rings. The van der Waals surface area contributed by atoms with Gasteiger partial charge in [0.1, 0.15) is 0 Å². The number of benzene rings is 2. The van der Waals surface area contributed by atoms with Crippen LogP contribution >= 0.6 is 11.6 Å². The van der Waals surface area contributed by atoms with Gasteiger partial charge in [0.05, 0.1) is 5.56 Å². The van der Waals surface area contributed by atoms with E-state index in [1.807, 2.05) is 38.1 Å². The van der Waals surface area contributed by atoms with Gasteiger partial charge in [0.2, 0.25) is 0 Å². The van der Waals surface area contributed by atoms with Crippen molar-refractivity contribution in [1.29, 1.82) is 0 Å². The Balaban J connectivity index is 2.21. The highest BCUT2D eigenvalue weighted by Gasteiger charge is 2.11. The first kappa shape index (κ1) is 14.4. The highest BCUT2D eigenvalue weighted by molar-refractivity contribution is 6.31. The minimum atomic E-state index is -0.156. The highest BCUT2D eigenvalue weighted by Crippen LogP contribution is 2.20. The van der Waals surface area contributed by atoms with E-state index in [0.29, 0.717) is 16.3 Å². The number of nitrogens with one attached hydrogen (secondary N) is 2. The van der Waals surface area contributed by atoms with Crippen LogP contribution in [0.4, 0.5) is 11.4 Å². The molecule has 2 aromatic rings. The SMILES string of the molecule is CC(C)Nc1ccccc1C(=O)Nc1cccc(Cl)c1. The molecule has 0 aliphatic heterocycles. The molecule has 0 aliphatic carbocycles. The molecule has 4 heteroatoms. The molecule has 2 N–H and O–H groups in total. The first-order chi connectivity index (χ1) is 9.56. The lowest BCUT2D eigenvalue weighted by Gasteiger charge is -2.14. The van der Waals surface area contributed by atoms with Gasteiger partial charge in [0, 0.05) is 22.4 Å². The second-order valence-corrected chi connectivity index (χ2v) is 5.25. The molecule has 0 atom stereocenters. The standard InChI is InChI=1S/C16H17ClN2O/c1-11(2)18-15-9-4-3-8-14(15)16(20)19-13-7-5-6-12(17)10-13/h3-11,18H,1-2H3,(H,19,20). The van der Waals surface area contributed by atoms with Crippen LogP contribution in [0.3, 0.4) is 0 Å². The molecule has 0 unspecified atom stereocenters. The van der Waals surface area contributed by atoms with Crippen molar-refractivity contribution in [1.82, 2.24) is 0 Å². The van der Waals surface area contributed by atoms with Crippen molar-refractivity contribution < 1.29 is 4.79 Å². The van der Waals surface area contributed by atoms with Crippen LogP contribution < -0.4 is 10.6 Å². The van der Waals surface area contributed by atoms with Crippen molar-refractivity contribution in [3.8, 4) is 0 Å². The monoisotopic (exact) mass is 288 g/mol. The second kappa shape index (κ2) is 6.44. The Morgan fingerprint density at radius 3 is 2.55 bits per heavy atom. The topological polar surface area (TPSA) is 41.1 Å². The summed E-state index contributed by atoms with van der Waals surface area (Å²) in [6.45, 7) is 4.07. The van der Waals surface area contributed by atoms with Crippen molar-refractivity contribution in [3.05, 3.63) is 59.1 Å². The van der Waals surface area contributed by atoms with Crippen LogP contribution in [0.15, 0.2) is 48.5 Å². The van der Waals surface area contributed by atoms with Gasteiger partial charge in [0.25, 0.3) is 5.91 Å². The number of rotatable bonds is 4. The fourth-order valence-corrected chi connectivity index (χ4v) is 2.07. The summed E-state index contributed by atoms with van der Waals surface area (Å²) in [6, 6.07) is 14.8. The van der Waals surface area contributed by atoms with E-state index in [1.165, 1.54) is 0 Å². The summed E-state index contributed by atoms with van der Waals surface area (Å²) >= 11 is 5.91. The summed E-state index contributed by atoms with van der Waals surface area (Å²) in [7, 11) is 0. The molecule has 0 spiro atoms. The van der Waals surface area contributed by atoms with Crippen molar-refractivity contribution in [2.45, 2.75) is 19.9 Å². The highest BCUT2D eigenvalue weighted by atomic mass is 35.5. The third-order valence-corrected chi connectivity index (χ3v) is 2.93. The molecule has 104 valence electrons. The summed E-state index contributed by atoms with van der Waals surface area (Å²) in [5.74, 6) is -0.156. The molecule has 1 amide bonds. The van der Waals surface area contributed by atoms with Crippen molar-refractivity contribution in [2.24, 2.45) is 0 Å². The summed E-state index contributed by atoms with van der Waals surface area (Å²) in [6.07, 6.45) is 0. The largest absolute Gasteiger partial charge is 0.382 e. The Bertz CT molecular complexity index is 611. The van der Waals surface area contributed by atoms with Crippen molar-refractivity contribution in [3.63, 3.8) is 0 Å². The number of carbonyl (C=O) groups excluding carboxylic acids is 1. The smallest absolute Gasteiger partial charge is 0.257 e. The zero-order chi connectivity index (χ0) is 14.5. The van der Waals surface area contributed by atoms with Gasteiger partial charge >= 0.3 is 0 Å². The van der Waals surface area contributed by atoms with Crippen LogP contribution in [0.2, 0.25) is 5.02 Å². The first-order valence-corrected chi connectivity index (χ1v) is 6.86. The average Bonchev–Trinajstić information content (AvgIpc) is 2.38. The van der Waals surface area contributed by atoms with E-state index in [2.05, 4.69) is 10.6 Å². The Labute approximate surface area is 124 Å². The minimum Gasteiger partial charge on any atom is -0.382 e. The third kappa shape index (κ3) is 3.75. The number of carbonyl (C=O) groups is 1. The molecule has 20 heavy (non-hydrogen) atoms. The summed E-state index contributed by atoms with van der Waals surface area (Å²) < 4.78 is 0. The molecule has 3 nitrogen and oxygen atoms in total. The number of hydrogen-bond donors (Lipinski definition) is 2. The number of amides is 1. The van der Waals surface area contributed by atoms with Gasteiger partial charge in [-0.25, -0.2) is 0 Å². The van der Waals surface area contributed by atoms with Gasteiger partial charge in [-0.05, 0) is 44.2 Å². The molecular formula is C16H17ClN2O. The Kier molecular flexibility index (Phi) is 4.64. The third-order valence-electron chi connectivity index (χ3n) is 2.70. The Morgan fingerprint density at radius 1 is 1.10 bits per heavy atom. The zero-order valence-corrected chi connectivity index (χ0v) is 12.2. The molecule has 2 aromatic carbocycles. The quantitative estimate of drug-likeness (QED) is 0.875. The molecule has 0 heterocycles. The van der Waals surface area contributed by atoms with Gasteiger partial charge < -0.3 is 10.6 Å². The van der Waals surface area contributed by atoms with E-state index < -0.39 is 0 Å². The lowest BCUT2D eigenvalue weighted by molar-refractivity contribution is 0.102. The van der Waals surface area contributed by atoms with E-state index in [-0.39, 0.29) is 11.9 Å². The molecule has 0 saturated heterocycles. The molecule has 0 saturated carbocycles. The fraction of sp³-hybridized carbons (Fsp3) is 0.188. The van der Waals surface area contributed by atoms with E-state index in [0.717, 1.165) is 5.69 Å². The summed E-state index contributed by atoms with van der Waals surface area (Å²) in [5.41, 5.74) is 2.12. The number of halogens is 1. The van der Waals surface area contributed by atoms with Crippen molar-refractivity contribution in [2.75, 3.05) is 10.6 Å². The number of hydrogen-bond acceptors (Lipinski definition) is 2. The minimum absolute atomic E-state index is 0.156. The van der Waals surface area contributed by atoms with E-state index in [4.69, 9.17) is 11.6 Å². The maximum Gasteiger partial charge on any atom is 0.257 e. The molecule has 0 aromatic heterocycles. The van der Waals surface area contributed by atoms with E-state index in [9.17, 15) is 4.79 Å². The van der Waals surface area contributed by atoms with Gasteiger partial charge in [-0.2, -0.15) is 0 Å². The van der Waals surface area contributed by atoms with E-state index >= 15 is 0 Å². The second-order valence-electron chi connectivity index (χ2n) is 4.81. The summed E-state index contributed by atoms with van der Waals surface area (Å²) in [4.78, 5) is 12.3. The predicted molar refractivity (Wildman–Crippen MR) is 84.6 cm³/mol. The normalized spacial score (nSPS) is 10.4. The Hall–Kier alpha value is -2.00. The van der Waals surface area contributed by atoms with Gasteiger partial charge in [-0.3, -0.25) is 4.79 Å². The maximum absolute atomic E-state index is 12.3. The average molecular weight is 289 g/mol. The van der Waals surface area contributed by atoms with Gasteiger partial charge in [-0.1, -0.05) is 29.8 Å². The first-order valence-electron chi connectivity index (χ1n) is 6.49. The molecule has 0 aliphatic rings. The molecule has 0 radical (unpaired) electrons. The predicted octanol–water partition coefficient (Wildman–Crippen LogP) is 4.41. The Morgan fingerprint density at radius 2 is 1.85 bits per heavy atom. The molecule has 2 rings (SSSR count). The van der Waals surface area contributed by atoms with Crippen LogP contribution in [-0.2, 0) is 0 Å². The summed E-state index contributed by atoms with van der Waals surface area (Å²) in [5, 5.41) is 6.71. The van der Waals surface area contributed by atoms with Crippen LogP contribution in [0.1, 0.15) is 24.2 Å². The number of anilines is 2. The van der Waals surface area contributed by atoms with E-state index in [1.54, 1.807) is 24.3 Å². The van der Waals surface area contributed by atoms with Crippen LogP contribution in [0.25, 0.3) is 0 Å². The fourth-order valence-electron chi connectivity index (χ4n) is 1.88. The van der Waals surface area contributed by atoms with Crippen LogP contribution in [-0.4, -0.2) is 11.9 Å². The molecular weight excluding hydrogens is 272 g/mol. The van der Waals surface area contributed by atoms with Crippen LogP contribution in [0.5, 0.6) is 0 Å².